The highest BCUT2D eigenvalue weighted by Crippen LogP contribution is 2.28. The van der Waals surface area contributed by atoms with Gasteiger partial charge in [-0.2, -0.15) is 0 Å². The zero-order valence-corrected chi connectivity index (χ0v) is 15.0. The minimum absolute atomic E-state index is 0.00875. The number of morpholine rings is 1. The van der Waals surface area contributed by atoms with E-state index < -0.39 is 5.97 Å². The summed E-state index contributed by atoms with van der Waals surface area (Å²) in [6.07, 6.45) is 0.419. The van der Waals surface area contributed by atoms with Gasteiger partial charge in [0.25, 0.3) is 0 Å². The van der Waals surface area contributed by atoms with Gasteiger partial charge in [-0.15, -0.1) is 0 Å². The van der Waals surface area contributed by atoms with E-state index in [0.717, 1.165) is 5.56 Å². The molecule has 1 aliphatic rings. The second kappa shape index (κ2) is 8.34. The average Bonchev–Trinajstić information content (AvgIpc) is 2.66. The monoisotopic (exact) mass is 373 g/mol. The number of carboxylic acid groups (broad SMARTS) is 1. The van der Waals surface area contributed by atoms with Gasteiger partial charge in [-0.05, 0) is 24.1 Å². The van der Waals surface area contributed by atoms with E-state index in [9.17, 15) is 14.7 Å². The molecule has 1 aliphatic heterocycles. The summed E-state index contributed by atoms with van der Waals surface area (Å²) in [4.78, 5) is 25.6. The summed E-state index contributed by atoms with van der Waals surface area (Å²) in [5.41, 5.74) is 1.79. The van der Waals surface area contributed by atoms with Crippen molar-refractivity contribution in [2.24, 2.45) is 0 Å². The van der Waals surface area contributed by atoms with Gasteiger partial charge >= 0.3 is 5.97 Å². The molecule has 0 aliphatic carbocycles. The maximum atomic E-state index is 12.6. The van der Waals surface area contributed by atoms with Crippen molar-refractivity contribution in [2.45, 2.75) is 18.9 Å². The molecular formula is C20H20ClNO4. The highest BCUT2D eigenvalue weighted by Gasteiger charge is 2.26. The minimum atomic E-state index is -0.974. The lowest BCUT2D eigenvalue weighted by Crippen LogP contribution is -2.42. The molecule has 0 spiro atoms. The molecule has 1 amide bonds. The number of carbonyl (C=O) groups excluding carboxylic acids is 1. The normalized spacial score (nSPS) is 17.1. The van der Waals surface area contributed by atoms with E-state index in [-0.39, 0.29) is 24.0 Å². The number of rotatable bonds is 5. The first-order chi connectivity index (χ1) is 12.6. The first-order valence-corrected chi connectivity index (χ1v) is 8.89. The largest absolute Gasteiger partial charge is 0.478 e. The molecule has 1 heterocycles. The van der Waals surface area contributed by atoms with Gasteiger partial charge in [0.2, 0.25) is 5.91 Å². The van der Waals surface area contributed by atoms with E-state index in [2.05, 4.69) is 0 Å². The van der Waals surface area contributed by atoms with Crippen LogP contribution >= 0.6 is 11.6 Å². The second-order valence-corrected chi connectivity index (χ2v) is 6.59. The quantitative estimate of drug-likeness (QED) is 0.870. The molecule has 136 valence electrons. The molecule has 2 aromatic rings. The first-order valence-electron chi connectivity index (χ1n) is 8.51. The molecule has 1 unspecified atom stereocenters. The lowest BCUT2D eigenvalue weighted by Gasteiger charge is -2.33. The van der Waals surface area contributed by atoms with Crippen LogP contribution < -0.4 is 0 Å². The van der Waals surface area contributed by atoms with Gasteiger partial charge in [-0.1, -0.05) is 48.0 Å². The van der Waals surface area contributed by atoms with E-state index in [4.69, 9.17) is 16.3 Å². The first kappa shape index (κ1) is 18.4. The zero-order chi connectivity index (χ0) is 18.5. The van der Waals surface area contributed by atoms with Gasteiger partial charge in [-0.25, -0.2) is 4.79 Å². The smallest absolute Gasteiger partial charge is 0.335 e. The Kier molecular flexibility index (Phi) is 5.91. The Morgan fingerprint density at radius 1 is 1.15 bits per heavy atom. The topological polar surface area (TPSA) is 66.8 Å². The van der Waals surface area contributed by atoms with Gasteiger partial charge in [0.15, 0.2) is 0 Å². The van der Waals surface area contributed by atoms with Crippen molar-refractivity contribution in [1.29, 1.82) is 0 Å². The summed E-state index contributed by atoms with van der Waals surface area (Å²) in [5.74, 6) is -0.983. The summed E-state index contributed by atoms with van der Waals surface area (Å²) >= 11 is 6.23. The molecule has 0 bridgehead atoms. The highest BCUT2D eigenvalue weighted by atomic mass is 35.5. The van der Waals surface area contributed by atoms with Crippen molar-refractivity contribution in [1.82, 2.24) is 4.90 Å². The van der Waals surface area contributed by atoms with Crippen molar-refractivity contribution in [3.05, 3.63) is 70.2 Å². The Morgan fingerprint density at radius 3 is 2.65 bits per heavy atom. The van der Waals surface area contributed by atoms with E-state index in [1.54, 1.807) is 29.2 Å². The Labute approximate surface area is 157 Å². The van der Waals surface area contributed by atoms with Crippen LogP contribution in [0, 0.1) is 0 Å². The zero-order valence-electron chi connectivity index (χ0n) is 14.2. The Hall–Kier alpha value is -2.37. The molecular weight excluding hydrogens is 354 g/mol. The van der Waals surface area contributed by atoms with E-state index in [1.165, 1.54) is 0 Å². The predicted octanol–water partition coefficient (Wildman–Crippen LogP) is 3.57. The Bertz CT molecular complexity index is 808. The number of hydrogen-bond acceptors (Lipinski definition) is 3. The minimum Gasteiger partial charge on any atom is -0.478 e. The SMILES string of the molecule is O=C(O)c1ccccc1CCC(=O)N1CCOC(c2ccccc2Cl)C1. The fourth-order valence-corrected chi connectivity index (χ4v) is 3.40. The lowest BCUT2D eigenvalue weighted by atomic mass is 10.0. The van der Waals surface area contributed by atoms with Crippen molar-refractivity contribution < 1.29 is 19.4 Å². The van der Waals surface area contributed by atoms with Gasteiger partial charge in [0, 0.05) is 23.6 Å². The number of aryl methyl sites for hydroxylation is 1. The molecule has 1 N–H and O–H groups in total. The predicted molar refractivity (Wildman–Crippen MR) is 98.4 cm³/mol. The van der Waals surface area contributed by atoms with Crippen LogP contribution in [0.3, 0.4) is 0 Å². The number of halogens is 1. The average molecular weight is 374 g/mol. The standard InChI is InChI=1S/C20H20ClNO4/c21-17-8-4-3-7-16(17)18-13-22(11-12-26-18)19(23)10-9-14-5-1-2-6-15(14)20(24)25/h1-8,18H,9-13H2,(H,24,25). The summed E-state index contributed by atoms with van der Waals surface area (Å²) in [5, 5.41) is 9.87. The van der Waals surface area contributed by atoms with Crippen molar-refractivity contribution in [3.8, 4) is 0 Å². The molecule has 1 saturated heterocycles. The number of carboxylic acids is 1. The number of benzene rings is 2. The number of amides is 1. The summed E-state index contributed by atoms with van der Waals surface area (Å²) in [6, 6.07) is 14.3. The molecule has 0 aromatic heterocycles. The van der Waals surface area contributed by atoms with E-state index >= 15 is 0 Å². The number of ether oxygens (including phenoxy) is 1. The van der Waals surface area contributed by atoms with E-state index in [1.807, 2.05) is 24.3 Å². The van der Waals surface area contributed by atoms with Crippen molar-refractivity contribution in [2.75, 3.05) is 19.7 Å². The number of nitrogens with zero attached hydrogens (tertiary/aromatic N) is 1. The van der Waals surface area contributed by atoms with Gasteiger partial charge in [0.1, 0.15) is 6.10 Å². The van der Waals surface area contributed by atoms with Crippen LogP contribution in [0.2, 0.25) is 5.02 Å². The third-order valence-corrected chi connectivity index (χ3v) is 4.87. The van der Waals surface area contributed by atoms with Crippen LogP contribution in [-0.2, 0) is 16.0 Å². The highest BCUT2D eigenvalue weighted by molar-refractivity contribution is 6.31. The van der Waals surface area contributed by atoms with Crippen LogP contribution in [0.4, 0.5) is 0 Å². The molecule has 0 radical (unpaired) electrons. The van der Waals surface area contributed by atoms with Crippen LogP contribution in [0.1, 0.15) is 34.0 Å². The molecule has 5 nitrogen and oxygen atoms in total. The molecule has 6 heteroatoms. The Morgan fingerprint density at radius 2 is 1.88 bits per heavy atom. The molecule has 3 rings (SSSR count). The van der Waals surface area contributed by atoms with Gasteiger partial charge in [-0.3, -0.25) is 4.79 Å². The summed E-state index contributed by atoms with van der Waals surface area (Å²) in [7, 11) is 0. The molecule has 0 saturated carbocycles. The molecule has 1 atom stereocenters. The molecule has 26 heavy (non-hydrogen) atoms. The second-order valence-electron chi connectivity index (χ2n) is 6.18. The van der Waals surface area contributed by atoms with Crippen LogP contribution in [0.25, 0.3) is 0 Å². The van der Waals surface area contributed by atoms with Gasteiger partial charge < -0.3 is 14.7 Å². The maximum absolute atomic E-state index is 12.6. The fraction of sp³-hybridized carbons (Fsp3) is 0.300. The molecule has 2 aromatic carbocycles. The van der Waals surface area contributed by atoms with Crippen LogP contribution in [0.5, 0.6) is 0 Å². The van der Waals surface area contributed by atoms with Crippen molar-refractivity contribution >= 4 is 23.5 Å². The summed E-state index contributed by atoms with van der Waals surface area (Å²) < 4.78 is 5.78. The van der Waals surface area contributed by atoms with Gasteiger partial charge in [0.05, 0.1) is 18.7 Å². The van der Waals surface area contributed by atoms with E-state index in [0.29, 0.717) is 36.7 Å². The number of hydrogen-bond donors (Lipinski definition) is 1. The third kappa shape index (κ3) is 4.23. The molecule has 1 fully saturated rings. The number of carbonyl (C=O) groups is 2. The lowest BCUT2D eigenvalue weighted by molar-refractivity contribution is -0.139. The Balaban J connectivity index is 1.63. The number of aromatic carboxylic acids is 1. The van der Waals surface area contributed by atoms with Crippen LogP contribution in [-0.4, -0.2) is 41.6 Å². The fourth-order valence-electron chi connectivity index (χ4n) is 3.15. The van der Waals surface area contributed by atoms with Crippen molar-refractivity contribution in [3.63, 3.8) is 0 Å². The third-order valence-electron chi connectivity index (χ3n) is 4.53. The van der Waals surface area contributed by atoms with Crippen LogP contribution in [0.15, 0.2) is 48.5 Å². The summed E-state index contributed by atoms with van der Waals surface area (Å²) in [6.45, 7) is 1.43. The maximum Gasteiger partial charge on any atom is 0.335 e.